The van der Waals surface area contributed by atoms with Gasteiger partial charge in [0.1, 0.15) is 27.9 Å². The number of alkyl halides is 2. The van der Waals surface area contributed by atoms with Gasteiger partial charge < -0.3 is 0 Å². The van der Waals surface area contributed by atoms with E-state index >= 15 is 0 Å². The lowest BCUT2D eigenvalue weighted by atomic mass is 10.1. The second-order valence-electron chi connectivity index (χ2n) is 6.04. The molecule has 0 fully saturated rings. The molecule has 0 atom stereocenters. The van der Waals surface area contributed by atoms with Gasteiger partial charge in [-0.25, -0.2) is 30.7 Å². The Morgan fingerprint density at radius 2 is 1.63 bits per heavy atom. The second-order valence-corrected chi connectivity index (χ2v) is 8.02. The second kappa shape index (κ2) is 6.80. The number of benzene rings is 2. The van der Waals surface area contributed by atoms with Crippen molar-refractivity contribution in [3.63, 3.8) is 0 Å². The highest BCUT2D eigenvalue weighted by molar-refractivity contribution is 7.90. The molecular formula is C18H14F4N2O2S. The average molecular weight is 398 g/mol. The Balaban J connectivity index is 2.25. The summed E-state index contributed by atoms with van der Waals surface area (Å²) in [5, 5.41) is 3.68. The summed E-state index contributed by atoms with van der Waals surface area (Å²) in [4.78, 5) is -0.818. The van der Waals surface area contributed by atoms with Crippen molar-refractivity contribution in [3.05, 3.63) is 65.4 Å². The summed E-state index contributed by atoms with van der Waals surface area (Å²) < 4.78 is 79.0. The van der Waals surface area contributed by atoms with Crippen LogP contribution in [0.4, 0.5) is 17.6 Å². The van der Waals surface area contributed by atoms with Gasteiger partial charge in [-0.3, -0.25) is 0 Å². The number of aromatic nitrogens is 2. The highest BCUT2D eigenvalue weighted by Crippen LogP contribution is 2.30. The molecule has 27 heavy (non-hydrogen) atoms. The first-order chi connectivity index (χ1) is 12.6. The zero-order valence-corrected chi connectivity index (χ0v) is 15.1. The molecule has 0 saturated heterocycles. The molecule has 0 bridgehead atoms. The molecule has 1 heterocycles. The molecule has 2 aromatic carbocycles. The van der Waals surface area contributed by atoms with Gasteiger partial charge in [0.15, 0.2) is 9.84 Å². The predicted molar refractivity (Wildman–Crippen MR) is 91.7 cm³/mol. The van der Waals surface area contributed by atoms with Crippen molar-refractivity contribution in [2.75, 3.05) is 6.26 Å². The molecule has 0 radical (unpaired) electrons. The van der Waals surface area contributed by atoms with Crippen molar-refractivity contribution in [2.45, 2.75) is 18.2 Å². The third kappa shape index (κ3) is 3.73. The van der Waals surface area contributed by atoms with Crippen LogP contribution in [0.5, 0.6) is 0 Å². The van der Waals surface area contributed by atoms with Crippen molar-refractivity contribution < 1.29 is 26.0 Å². The zero-order chi connectivity index (χ0) is 19.9. The number of sulfone groups is 1. The molecule has 0 saturated carbocycles. The van der Waals surface area contributed by atoms with Crippen LogP contribution in [-0.4, -0.2) is 24.5 Å². The van der Waals surface area contributed by atoms with E-state index in [1.54, 1.807) is 24.3 Å². The molecule has 9 heteroatoms. The third-order valence-electron chi connectivity index (χ3n) is 3.93. The Kier molecular flexibility index (Phi) is 4.81. The van der Waals surface area contributed by atoms with Crippen LogP contribution in [0.3, 0.4) is 0 Å². The number of halogens is 4. The summed E-state index contributed by atoms with van der Waals surface area (Å²) in [5.74, 6) is -2.30. The molecule has 0 amide bonds. The van der Waals surface area contributed by atoms with Crippen molar-refractivity contribution in [1.82, 2.24) is 9.78 Å². The van der Waals surface area contributed by atoms with Crippen molar-refractivity contribution in [2.24, 2.45) is 0 Å². The summed E-state index contributed by atoms with van der Waals surface area (Å²) in [5.41, 5.74) is 0.427. The topological polar surface area (TPSA) is 52.0 Å². The van der Waals surface area contributed by atoms with E-state index in [0.29, 0.717) is 17.7 Å². The van der Waals surface area contributed by atoms with Gasteiger partial charge in [0, 0.05) is 17.9 Å². The van der Waals surface area contributed by atoms with Crippen LogP contribution in [0.25, 0.3) is 16.9 Å². The fourth-order valence-corrected chi connectivity index (χ4v) is 3.31. The van der Waals surface area contributed by atoms with Crippen molar-refractivity contribution in [3.8, 4) is 16.9 Å². The normalized spacial score (nSPS) is 12.0. The van der Waals surface area contributed by atoms with Gasteiger partial charge in [0.05, 0.1) is 5.69 Å². The lowest BCUT2D eigenvalue weighted by Crippen LogP contribution is -2.08. The SMILES string of the molecule is Cc1ccc(-c2cc(C(F)F)nn2-c2cc(F)c(S(C)(=O)=O)cc2F)cc1. The standard InChI is InChI=1S/C18H14F4N2O2S/c1-10-3-5-11(6-4-10)15-9-14(18(21)22)23-24(15)16-7-13(20)17(8-12(16)19)27(2,25)26/h3-9,18H,1-2H3. The van der Waals surface area contributed by atoms with Crippen LogP contribution in [-0.2, 0) is 9.84 Å². The van der Waals surface area contributed by atoms with Crippen LogP contribution in [0, 0.1) is 18.6 Å². The van der Waals surface area contributed by atoms with E-state index < -0.39 is 44.2 Å². The van der Waals surface area contributed by atoms with E-state index in [0.717, 1.165) is 22.6 Å². The maximum atomic E-state index is 14.5. The number of aryl methyl sites for hydroxylation is 1. The summed E-state index contributed by atoms with van der Waals surface area (Å²) in [7, 11) is -3.99. The number of rotatable bonds is 4. The third-order valence-corrected chi connectivity index (χ3v) is 5.04. The predicted octanol–water partition coefficient (Wildman–Crippen LogP) is 4.47. The van der Waals surface area contributed by atoms with Crippen molar-refractivity contribution in [1.29, 1.82) is 0 Å². The summed E-state index contributed by atoms with van der Waals surface area (Å²) >= 11 is 0. The molecular weight excluding hydrogens is 384 g/mol. The van der Waals surface area contributed by atoms with E-state index in [2.05, 4.69) is 5.10 Å². The summed E-state index contributed by atoms with van der Waals surface area (Å²) in [6.07, 6.45) is -2.18. The van der Waals surface area contributed by atoms with Gasteiger partial charge in [0.25, 0.3) is 6.43 Å². The Hall–Kier alpha value is -2.68. The lowest BCUT2D eigenvalue weighted by molar-refractivity contribution is 0.145. The Morgan fingerprint density at radius 1 is 1.00 bits per heavy atom. The molecule has 0 unspecified atom stereocenters. The van der Waals surface area contributed by atoms with E-state index in [-0.39, 0.29) is 5.69 Å². The average Bonchev–Trinajstić information content (AvgIpc) is 3.01. The van der Waals surface area contributed by atoms with Gasteiger partial charge in [0.2, 0.25) is 0 Å². The minimum absolute atomic E-state index is 0.121. The van der Waals surface area contributed by atoms with Crippen molar-refractivity contribution >= 4 is 9.84 Å². The van der Waals surface area contributed by atoms with Gasteiger partial charge in [-0.05, 0) is 19.1 Å². The smallest absolute Gasteiger partial charge is 0.230 e. The summed E-state index contributed by atoms with van der Waals surface area (Å²) in [6, 6.07) is 8.97. The largest absolute Gasteiger partial charge is 0.282 e. The highest BCUT2D eigenvalue weighted by Gasteiger charge is 2.23. The highest BCUT2D eigenvalue weighted by atomic mass is 32.2. The van der Waals surface area contributed by atoms with Crippen LogP contribution in [0.2, 0.25) is 0 Å². The maximum absolute atomic E-state index is 14.5. The molecule has 3 rings (SSSR count). The number of hydrogen-bond donors (Lipinski definition) is 0. The molecule has 3 aromatic rings. The fraction of sp³-hybridized carbons (Fsp3) is 0.167. The monoisotopic (exact) mass is 398 g/mol. The Bertz CT molecular complexity index is 1110. The van der Waals surface area contributed by atoms with Gasteiger partial charge in [-0.1, -0.05) is 29.8 Å². The molecule has 4 nitrogen and oxygen atoms in total. The van der Waals surface area contributed by atoms with Crippen LogP contribution in [0.1, 0.15) is 17.7 Å². The molecule has 0 aliphatic carbocycles. The molecule has 142 valence electrons. The quantitative estimate of drug-likeness (QED) is 0.610. The first-order valence-corrected chi connectivity index (χ1v) is 9.61. The molecule has 0 aliphatic heterocycles. The van der Waals surface area contributed by atoms with E-state index in [1.807, 2.05) is 6.92 Å². The van der Waals surface area contributed by atoms with Crippen LogP contribution in [0.15, 0.2) is 47.4 Å². The van der Waals surface area contributed by atoms with Crippen LogP contribution < -0.4 is 0 Å². The maximum Gasteiger partial charge on any atom is 0.282 e. The van der Waals surface area contributed by atoms with E-state index in [9.17, 15) is 26.0 Å². The Labute approximate surface area is 153 Å². The van der Waals surface area contributed by atoms with Gasteiger partial charge in [-0.2, -0.15) is 5.10 Å². The first-order valence-electron chi connectivity index (χ1n) is 7.72. The number of hydrogen-bond acceptors (Lipinski definition) is 3. The lowest BCUT2D eigenvalue weighted by Gasteiger charge is -2.11. The molecule has 0 N–H and O–H groups in total. The zero-order valence-electron chi connectivity index (χ0n) is 14.2. The van der Waals surface area contributed by atoms with E-state index in [4.69, 9.17) is 0 Å². The molecule has 0 aliphatic rings. The first kappa shape index (κ1) is 19.1. The summed E-state index contributed by atoms with van der Waals surface area (Å²) in [6.45, 7) is 1.84. The minimum atomic E-state index is -3.99. The van der Waals surface area contributed by atoms with E-state index in [1.165, 1.54) is 0 Å². The fourth-order valence-electron chi connectivity index (χ4n) is 2.58. The van der Waals surface area contributed by atoms with Gasteiger partial charge in [-0.15, -0.1) is 0 Å². The Morgan fingerprint density at radius 3 is 2.19 bits per heavy atom. The van der Waals surface area contributed by atoms with Gasteiger partial charge >= 0.3 is 0 Å². The number of nitrogens with zero attached hydrogens (tertiary/aromatic N) is 2. The van der Waals surface area contributed by atoms with Crippen LogP contribution >= 0.6 is 0 Å². The molecule has 0 spiro atoms. The minimum Gasteiger partial charge on any atom is -0.230 e. The molecule has 1 aromatic heterocycles.